The van der Waals surface area contributed by atoms with E-state index >= 15 is 0 Å². The highest BCUT2D eigenvalue weighted by molar-refractivity contribution is 7.89. The fourth-order valence-corrected chi connectivity index (χ4v) is 3.46. The predicted molar refractivity (Wildman–Crippen MR) is 81.2 cm³/mol. The van der Waals surface area contributed by atoms with Crippen molar-refractivity contribution >= 4 is 10.0 Å². The molecule has 0 fully saturated rings. The molecular formula is C14H20N4O2S. The normalized spacial score (nSPS) is 11.7. The van der Waals surface area contributed by atoms with Gasteiger partial charge in [-0.1, -0.05) is 19.1 Å². The van der Waals surface area contributed by atoms with Crippen LogP contribution in [-0.2, 0) is 29.5 Å². The van der Waals surface area contributed by atoms with Gasteiger partial charge in [0.05, 0.1) is 11.1 Å². The molecule has 21 heavy (non-hydrogen) atoms. The average Bonchev–Trinajstić information content (AvgIpc) is 2.99. The minimum atomic E-state index is -3.54. The molecule has 0 aliphatic heterocycles. The molecule has 0 spiro atoms. The molecule has 0 saturated carbocycles. The first-order valence-corrected chi connectivity index (χ1v) is 8.29. The van der Waals surface area contributed by atoms with Gasteiger partial charge in [0.25, 0.3) is 0 Å². The van der Waals surface area contributed by atoms with E-state index in [1.807, 2.05) is 26.1 Å². The number of nitrogens with one attached hydrogen (secondary N) is 3. The summed E-state index contributed by atoms with van der Waals surface area (Å²) in [5.74, 6) is 0. The maximum atomic E-state index is 12.5. The fraction of sp³-hybridized carbons (Fsp3) is 0.357. The summed E-state index contributed by atoms with van der Waals surface area (Å²) < 4.78 is 27.6. The molecule has 2 rings (SSSR count). The van der Waals surface area contributed by atoms with Gasteiger partial charge < -0.3 is 5.32 Å². The standard InChI is InChI=1S/C14H20N4O2S/c1-3-13-5-4-11(7-15-2)6-14(13)21(19,20)18-10-12-8-16-17-9-12/h4-6,8-9,15,18H,3,7,10H2,1-2H3,(H,16,17). The average molecular weight is 308 g/mol. The van der Waals surface area contributed by atoms with Gasteiger partial charge in [-0.05, 0) is 30.7 Å². The highest BCUT2D eigenvalue weighted by Gasteiger charge is 2.18. The monoisotopic (exact) mass is 308 g/mol. The first-order chi connectivity index (χ1) is 10.1. The Hall–Kier alpha value is -1.70. The Labute approximate surface area is 125 Å². The number of aromatic nitrogens is 2. The third kappa shape index (κ3) is 3.90. The van der Waals surface area contributed by atoms with E-state index in [1.54, 1.807) is 18.5 Å². The van der Waals surface area contributed by atoms with Gasteiger partial charge in [0.2, 0.25) is 10.0 Å². The van der Waals surface area contributed by atoms with Crippen LogP contribution < -0.4 is 10.0 Å². The van der Waals surface area contributed by atoms with E-state index in [0.717, 1.165) is 16.7 Å². The number of sulfonamides is 1. The van der Waals surface area contributed by atoms with Crippen LogP contribution >= 0.6 is 0 Å². The Morgan fingerprint density at radius 1 is 1.24 bits per heavy atom. The highest BCUT2D eigenvalue weighted by atomic mass is 32.2. The molecule has 0 bridgehead atoms. The zero-order valence-corrected chi connectivity index (χ0v) is 13.0. The second-order valence-corrected chi connectivity index (χ2v) is 6.49. The predicted octanol–water partition coefficient (Wildman–Crippen LogP) is 1.17. The number of aromatic amines is 1. The Balaban J connectivity index is 2.26. The van der Waals surface area contributed by atoms with Crippen molar-refractivity contribution in [3.63, 3.8) is 0 Å². The second-order valence-electron chi connectivity index (χ2n) is 4.76. The number of rotatable bonds is 7. The Bertz CT molecular complexity index is 681. The minimum Gasteiger partial charge on any atom is -0.316 e. The first kappa shape index (κ1) is 15.7. The summed E-state index contributed by atoms with van der Waals surface area (Å²) >= 11 is 0. The number of hydrogen-bond acceptors (Lipinski definition) is 4. The lowest BCUT2D eigenvalue weighted by Crippen LogP contribution is -2.24. The number of aryl methyl sites for hydroxylation is 1. The van der Waals surface area contributed by atoms with Crippen molar-refractivity contribution in [2.75, 3.05) is 7.05 Å². The van der Waals surface area contributed by atoms with Crippen molar-refractivity contribution < 1.29 is 8.42 Å². The highest BCUT2D eigenvalue weighted by Crippen LogP contribution is 2.19. The van der Waals surface area contributed by atoms with Gasteiger partial charge in [0.15, 0.2) is 0 Å². The summed E-state index contributed by atoms with van der Waals surface area (Å²) in [5.41, 5.74) is 2.55. The van der Waals surface area contributed by atoms with Crippen LogP contribution in [0.15, 0.2) is 35.5 Å². The van der Waals surface area contributed by atoms with Crippen LogP contribution in [0.2, 0.25) is 0 Å². The minimum absolute atomic E-state index is 0.220. The third-order valence-electron chi connectivity index (χ3n) is 3.20. The maximum absolute atomic E-state index is 12.5. The van der Waals surface area contributed by atoms with Gasteiger partial charge in [-0.3, -0.25) is 5.10 Å². The van der Waals surface area contributed by atoms with Crippen LogP contribution in [0.3, 0.4) is 0 Å². The van der Waals surface area contributed by atoms with Crippen LogP contribution in [0.25, 0.3) is 0 Å². The molecule has 1 heterocycles. The summed E-state index contributed by atoms with van der Waals surface area (Å²) in [6.45, 7) is 2.80. The lowest BCUT2D eigenvalue weighted by Gasteiger charge is -2.12. The van der Waals surface area contributed by atoms with Crippen LogP contribution in [-0.4, -0.2) is 25.7 Å². The van der Waals surface area contributed by atoms with Gasteiger partial charge in [-0.25, -0.2) is 13.1 Å². The molecule has 0 aliphatic rings. The molecule has 3 N–H and O–H groups in total. The van der Waals surface area contributed by atoms with Crippen molar-refractivity contribution in [1.82, 2.24) is 20.2 Å². The molecule has 0 aliphatic carbocycles. The molecule has 0 saturated heterocycles. The SMILES string of the molecule is CCc1ccc(CNC)cc1S(=O)(=O)NCc1cn[nH]c1. The molecule has 6 nitrogen and oxygen atoms in total. The summed E-state index contributed by atoms with van der Waals surface area (Å²) in [7, 11) is -1.71. The molecule has 0 atom stereocenters. The van der Waals surface area contributed by atoms with Gasteiger partial charge >= 0.3 is 0 Å². The van der Waals surface area contributed by atoms with E-state index in [1.165, 1.54) is 0 Å². The van der Waals surface area contributed by atoms with Gasteiger partial charge in [0.1, 0.15) is 0 Å². The van der Waals surface area contributed by atoms with Crippen molar-refractivity contribution in [1.29, 1.82) is 0 Å². The lowest BCUT2D eigenvalue weighted by atomic mass is 10.1. The number of benzene rings is 1. The zero-order chi connectivity index (χ0) is 15.3. The van der Waals surface area contributed by atoms with Gasteiger partial charge in [-0.15, -0.1) is 0 Å². The topological polar surface area (TPSA) is 86.9 Å². The molecular weight excluding hydrogens is 288 g/mol. The molecule has 1 aromatic carbocycles. The van der Waals surface area contributed by atoms with Crippen LogP contribution in [0.4, 0.5) is 0 Å². The van der Waals surface area contributed by atoms with Crippen molar-refractivity contribution in [2.45, 2.75) is 31.3 Å². The van der Waals surface area contributed by atoms with E-state index in [2.05, 4.69) is 20.2 Å². The largest absolute Gasteiger partial charge is 0.316 e. The number of hydrogen-bond donors (Lipinski definition) is 3. The van der Waals surface area contributed by atoms with Crippen molar-refractivity contribution in [3.05, 3.63) is 47.3 Å². The van der Waals surface area contributed by atoms with Crippen molar-refractivity contribution in [2.24, 2.45) is 0 Å². The first-order valence-electron chi connectivity index (χ1n) is 6.80. The Morgan fingerprint density at radius 2 is 2.05 bits per heavy atom. The Kier molecular flexibility index (Phi) is 5.11. The van der Waals surface area contributed by atoms with Crippen LogP contribution in [0.1, 0.15) is 23.6 Å². The summed E-state index contributed by atoms with van der Waals surface area (Å²) in [4.78, 5) is 0.348. The molecule has 114 valence electrons. The summed E-state index contributed by atoms with van der Waals surface area (Å²) in [6.07, 6.45) is 3.93. The number of H-pyrrole nitrogens is 1. The fourth-order valence-electron chi connectivity index (χ4n) is 2.09. The molecule has 7 heteroatoms. The van der Waals surface area contributed by atoms with E-state index in [0.29, 0.717) is 17.9 Å². The molecule has 0 radical (unpaired) electrons. The van der Waals surface area contributed by atoms with E-state index in [-0.39, 0.29) is 6.54 Å². The summed E-state index contributed by atoms with van der Waals surface area (Å²) in [6, 6.07) is 5.55. The van der Waals surface area contributed by atoms with Gasteiger partial charge in [-0.2, -0.15) is 5.10 Å². The molecule has 0 amide bonds. The quantitative estimate of drug-likeness (QED) is 0.716. The molecule has 0 unspecified atom stereocenters. The Morgan fingerprint density at radius 3 is 2.67 bits per heavy atom. The molecule has 2 aromatic rings. The zero-order valence-electron chi connectivity index (χ0n) is 12.2. The van der Waals surface area contributed by atoms with Gasteiger partial charge in [0, 0.05) is 24.8 Å². The lowest BCUT2D eigenvalue weighted by molar-refractivity contribution is 0.580. The second kappa shape index (κ2) is 6.84. The van der Waals surface area contributed by atoms with E-state index in [9.17, 15) is 8.42 Å². The van der Waals surface area contributed by atoms with Crippen LogP contribution in [0, 0.1) is 0 Å². The van der Waals surface area contributed by atoms with Crippen LogP contribution in [0.5, 0.6) is 0 Å². The summed E-state index contributed by atoms with van der Waals surface area (Å²) in [5, 5.41) is 9.49. The van der Waals surface area contributed by atoms with E-state index < -0.39 is 10.0 Å². The maximum Gasteiger partial charge on any atom is 0.241 e. The van der Waals surface area contributed by atoms with Crippen molar-refractivity contribution in [3.8, 4) is 0 Å². The molecule has 1 aromatic heterocycles. The number of nitrogens with zero attached hydrogens (tertiary/aromatic N) is 1. The smallest absolute Gasteiger partial charge is 0.241 e. The van der Waals surface area contributed by atoms with E-state index in [4.69, 9.17) is 0 Å². The third-order valence-corrected chi connectivity index (χ3v) is 4.69.